The predicted octanol–water partition coefficient (Wildman–Crippen LogP) is 3.94. The maximum Gasteiger partial charge on any atom is 0.251 e. The molecule has 160 valence electrons. The molecule has 0 saturated heterocycles. The zero-order valence-electron chi connectivity index (χ0n) is 17.0. The molecule has 7 nitrogen and oxygen atoms in total. The van der Waals surface area contributed by atoms with Crippen molar-refractivity contribution in [3.63, 3.8) is 0 Å². The molecule has 0 bridgehead atoms. The Morgan fingerprint density at radius 3 is 2.73 bits per heavy atom. The summed E-state index contributed by atoms with van der Waals surface area (Å²) in [6.07, 6.45) is 3.25. The van der Waals surface area contributed by atoms with E-state index < -0.39 is 10.0 Å². The normalized spacial score (nSPS) is 12.6. The fraction of sp³-hybridized carbons (Fsp3) is 0.333. The third kappa shape index (κ3) is 5.76. The molecule has 1 aromatic heterocycles. The van der Waals surface area contributed by atoms with Crippen LogP contribution < -0.4 is 10.0 Å². The number of aromatic nitrogens is 2. The number of fused-ring (bicyclic) bond motifs is 1. The Labute approximate surface area is 181 Å². The van der Waals surface area contributed by atoms with E-state index in [1.54, 1.807) is 43.0 Å². The van der Waals surface area contributed by atoms with E-state index in [2.05, 4.69) is 20.0 Å². The number of carbonyl (C=O) groups is 1. The summed E-state index contributed by atoms with van der Waals surface area (Å²) in [5, 5.41) is 3.04. The number of imidazole rings is 1. The summed E-state index contributed by atoms with van der Waals surface area (Å²) in [6, 6.07) is 14.0. The third-order valence-electron chi connectivity index (χ3n) is 4.52. The third-order valence-corrected chi connectivity index (χ3v) is 6.66. The molecule has 3 aromatic rings. The zero-order valence-corrected chi connectivity index (χ0v) is 18.6. The van der Waals surface area contributed by atoms with Crippen LogP contribution in [-0.2, 0) is 10.0 Å². The average Bonchev–Trinajstić information content (AvgIpc) is 3.14. The Morgan fingerprint density at radius 2 is 2.00 bits per heavy atom. The first-order valence-electron chi connectivity index (χ1n) is 9.77. The molecule has 0 saturated carbocycles. The van der Waals surface area contributed by atoms with E-state index >= 15 is 0 Å². The van der Waals surface area contributed by atoms with E-state index in [0.717, 1.165) is 23.2 Å². The summed E-state index contributed by atoms with van der Waals surface area (Å²) >= 11 is 1.70. The predicted molar refractivity (Wildman–Crippen MR) is 123 cm³/mol. The SMILES string of the molecule is CCCS(=O)(=O)Nc1cccc(C(=O)NC(CCSC)c2nc3ccccc3[nH]2)c1. The fourth-order valence-corrected chi connectivity index (χ4v) is 4.71. The van der Waals surface area contributed by atoms with Gasteiger partial charge in [-0.3, -0.25) is 9.52 Å². The monoisotopic (exact) mass is 446 g/mol. The van der Waals surface area contributed by atoms with Crippen molar-refractivity contribution in [3.8, 4) is 0 Å². The molecule has 9 heteroatoms. The Balaban J connectivity index is 1.79. The highest BCUT2D eigenvalue weighted by Gasteiger charge is 2.19. The van der Waals surface area contributed by atoms with Crippen molar-refractivity contribution in [2.24, 2.45) is 0 Å². The summed E-state index contributed by atoms with van der Waals surface area (Å²) in [6.45, 7) is 1.80. The van der Waals surface area contributed by atoms with Gasteiger partial charge < -0.3 is 10.3 Å². The Morgan fingerprint density at radius 1 is 1.20 bits per heavy atom. The van der Waals surface area contributed by atoms with E-state index in [4.69, 9.17) is 0 Å². The van der Waals surface area contributed by atoms with Crippen LogP contribution in [0.25, 0.3) is 11.0 Å². The van der Waals surface area contributed by atoms with Gasteiger partial charge in [-0.2, -0.15) is 11.8 Å². The number of hydrogen-bond acceptors (Lipinski definition) is 5. The molecule has 1 heterocycles. The van der Waals surface area contributed by atoms with Crippen molar-refractivity contribution in [2.45, 2.75) is 25.8 Å². The molecule has 0 radical (unpaired) electrons. The van der Waals surface area contributed by atoms with E-state index in [0.29, 0.717) is 23.5 Å². The maximum atomic E-state index is 12.9. The van der Waals surface area contributed by atoms with E-state index in [1.807, 2.05) is 30.5 Å². The summed E-state index contributed by atoms with van der Waals surface area (Å²) in [7, 11) is -3.42. The van der Waals surface area contributed by atoms with Gasteiger partial charge in [0.2, 0.25) is 10.0 Å². The topological polar surface area (TPSA) is 104 Å². The lowest BCUT2D eigenvalue weighted by Gasteiger charge is -2.17. The summed E-state index contributed by atoms with van der Waals surface area (Å²) in [5.41, 5.74) is 2.53. The van der Waals surface area contributed by atoms with Crippen molar-refractivity contribution < 1.29 is 13.2 Å². The van der Waals surface area contributed by atoms with Gasteiger partial charge in [0.15, 0.2) is 0 Å². The summed E-state index contributed by atoms with van der Waals surface area (Å²) in [4.78, 5) is 20.8. The number of nitrogens with one attached hydrogen (secondary N) is 3. The van der Waals surface area contributed by atoms with E-state index in [9.17, 15) is 13.2 Å². The Hall–Kier alpha value is -2.52. The molecule has 0 fully saturated rings. The molecular formula is C21H26N4O3S2. The average molecular weight is 447 g/mol. The molecule has 1 unspecified atom stereocenters. The second-order valence-corrected chi connectivity index (χ2v) is 9.78. The number of benzene rings is 2. The van der Waals surface area contributed by atoms with Gasteiger partial charge in [0.25, 0.3) is 5.91 Å². The number of sulfonamides is 1. The van der Waals surface area contributed by atoms with Crippen molar-refractivity contribution in [3.05, 3.63) is 59.9 Å². The molecule has 30 heavy (non-hydrogen) atoms. The number of H-pyrrole nitrogens is 1. The van der Waals surface area contributed by atoms with Gasteiger partial charge in [-0.1, -0.05) is 25.1 Å². The number of anilines is 1. The van der Waals surface area contributed by atoms with Crippen molar-refractivity contribution in [1.82, 2.24) is 15.3 Å². The molecule has 0 aliphatic heterocycles. The fourth-order valence-electron chi connectivity index (χ4n) is 3.12. The molecule has 0 aliphatic rings. The molecule has 0 aliphatic carbocycles. The zero-order chi connectivity index (χ0) is 21.6. The van der Waals surface area contributed by atoms with Gasteiger partial charge in [-0.15, -0.1) is 0 Å². The van der Waals surface area contributed by atoms with Crippen LogP contribution in [0, 0.1) is 0 Å². The van der Waals surface area contributed by atoms with Crippen LogP contribution in [0.2, 0.25) is 0 Å². The minimum atomic E-state index is -3.42. The first-order valence-corrected chi connectivity index (χ1v) is 12.8. The highest BCUT2D eigenvalue weighted by atomic mass is 32.2. The summed E-state index contributed by atoms with van der Waals surface area (Å²) < 4.78 is 26.6. The van der Waals surface area contributed by atoms with Gasteiger partial charge in [-0.25, -0.2) is 13.4 Å². The Kier molecular flexibility index (Phi) is 7.38. The summed E-state index contributed by atoms with van der Waals surface area (Å²) in [5.74, 6) is 1.32. The molecule has 0 spiro atoms. The van der Waals surface area contributed by atoms with E-state index in [-0.39, 0.29) is 17.7 Å². The van der Waals surface area contributed by atoms with E-state index in [1.165, 1.54) is 0 Å². The van der Waals surface area contributed by atoms with Crippen LogP contribution in [0.3, 0.4) is 0 Å². The lowest BCUT2D eigenvalue weighted by molar-refractivity contribution is 0.0934. The first kappa shape index (κ1) is 22.2. The highest BCUT2D eigenvalue weighted by molar-refractivity contribution is 7.98. The van der Waals surface area contributed by atoms with Crippen molar-refractivity contribution in [1.29, 1.82) is 0 Å². The minimum absolute atomic E-state index is 0.0340. The first-order chi connectivity index (χ1) is 14.4. The highest BCUT2D eigenvalue weighted by Crippen LogP contribution is 2.21. The number of aromatic amines is 1. The van der Waals surface area contributed by atoms with Crippen LogP contribution in [0.15, 0.2) is 48.5 Å². The Bertz CT molecular complexity index is 1080. The number of para-hydroxylation sites is 2. The molecule has 1 atom stereocenters. The lowest BCUT2D eigenvalue weighted by atomic mass is 10.1. The number of amides is 1. The molecular weight excluding hydrogens is 420 g/mol. The van der Waals surface area contributed by atoms with Crippen LogP contribution in [0.4, 0.5) is 5.69 Å². The van der Waals surface area contributed by atoms with Gasteiger partial charge >= 0.3 is 0 Å². The quantitative estimate of drug-likeness (QED) is 0.438. The van der Waals surface area contributed by atoms with Gasteiger partial charge in [0, 0.05) is 11.3 Å². The number of rotatable bonds is 10. The molecule has 3 N–H and O–H groups in total. The minimum Gasteiger partial charge on any atom is -0.342 e. The van der Waals surface area contributed by atoms with Gasteiger partial charge in [0.1, 0.15) is 5.82 Å². The number of nitrogens with zero attached hydrogens (tertiary/aromatic N) is 1. The van der Waals surface area contributed by atoms with Gasteiger partial charge in [-0.05, 0) is 55.2 Å². The smallest absolute Gasteiger partial charge is 0.251 e. The lowest BCUT2D eigenvalue weighted by Crippen LogP contribution is -2.30. The second kappa shape index (κ2) is 9.99. The standard InChI is InChI=1S/C21H26N4O3S2/c1-3-13-30(27,28)25-16-8-6-7-15(14-16)21(26)24-19(11-12-29-2)20-22-17-9-4-5-10-18(17)23-20/h4-10,14,19,25H,3,11-13H2,1-2H3,(H,22,23)(H,24,26). The number of thioether (sulfide) groups is 1. The number of carbonyl (C=O) groups excluding carboxylic acids is 1. The molecule has 1 amide bonds. The van der Waals surface area contributed by atoms with Crippen LogP contribution in [-0.4, -0.2) is 42.1 Å². The van der Waals surface area contributed by atoms with Crippen LogP contribution in [0.5, 0.6) is 0 Å². The second-order valence-electron chi connectivity index (χ2n) is 6.95. The van der Waals surface area contributed by atoms with Crippen molar-refractivity contribution >= 4 is 44.4 Å². The molecule has 3 rings (SSSR count). The van der Waals surface area contributed by atoms with Gasteiger partial charge in [0.05, 0.1) is 22.8 Å². The number of hydrogen-bond donors (Lipinski definition) is 3. The largest absolute Gasteiger partial charge is 0.342 e. The van der Waals surface area contributed by atoms with Crippen LogP contribution >= 0.6 is 11.8 Å². The molecule has 2 aromatic carbocycles. The maximum absolute atomic E-state index is 12.9. The van der Waals surface area contributed by atoms with Crippen molar-refractivity contribution in [2.75, 3.05) is 22.5 Å². The van der Waals surface area contributed by atoms with Crippen LogP contribution in [0.1, 0.15) is 42.0 Å².